The first kappa shape index (κ1) is 92.9. The van der Waals surface area contributed by atoms with Crippen molar-refractivity contribution in [3.8, 4) is 0 Å². The molecule has 0 rings (SSSR count). The summed E-state index contributed by atoms with van der Waals surface area (Å²) >= 11 is 0. The molecule has 10 heteroatoms. The van der Waals surface area contributed by atoms with E-state index < -0.39 is 26.5 Å². The maximum absolute atomic E-state index is 12.9. The van der Waals surface area contributed by atoms with Gasteiger partial charge in [0.15, 0.2) is 6.10 Å². The smallest absolute Gasteiger partial charge is 0.306 e. The number of quaternary nitrogens is 1. The van der Waals surface area contributed by atoms with Gasteiger partial charge >= 0.3 is 11.9 Å². The minimum Gasteiger partial charge on any atom is -0.756 e. The molecule has 0 saturated heterocycles. The fourth-order valence-corrected chi connectivity index (χ4v) is 12.6. The van der Waals surface area contributed by atoms with Crippen LogP contribution < -0.4 is 4.89 Å². The molecule has 0 radical (unpaired) electrons. The number of unbranched alkanes of at least 4 members (excludes halogenated alkanes) is 46. The highest BCUT2D eigenvalue weighted by Crippen LogP contribution is 2.38. The fraction of sp³-hybridized carbons (Fsp3) is 0.791. The van der Waals surface area contributed by atoms with E-state index in [4.69, 9.17) is 18.5 Å². The Bertz CT molecular complexity index is 1940. The zero-order valence-electron chi connectivity index (χ0n) is 63.8. The Morgan fingerprint density at radius 1 is 0.333 bits per heavy atom. The van der Waals surface area contributed by atoms with Crippen LogP contribution >= 0.6 is 7.82 Å². The molecule has 0 N–H and O–H groups in total. The minimum absolute atomic E-state index is 0.0336. The van der Waals surface area contributed by atoms with Crippen LogP contribution in [0.15, 0.2) is 97.2 Å². The van der Waals surface area contributed by atoms with Gasteiger partial charge in [0.05, 0.1) is 27.7 Å². The molecule has 0 aromatic heterocycles. The number of carbonyl (C=O) groups excluding carboxylic acids is 2. The Morgan fingerprint density at radius 3 is 0.885 bits per heavy atom. The van der Waals surface area contributed by atoms with Gasteiger partial charge in [-0.15, -0.1) is 0 Å². The molecule has 0 spiro atoms. The van der Waals surface area contributed by atoms with Crippen LogP contribution in [0.2, 0.25) is 0 Å². The lowest BCUT2D eigenvalue weighted by Crippen LogP contribution is -2.37. The highest BCUT2D eigenvalue weighted by molar-refractivity contribution is 7.45. The zero-order chi connectivity index (χ0) is 69.7. The molecule has 0 heterocycles. The Balaban J connectivity index is 3.96. The maximum Gasteiger partial charge on any atom is 0.306 e. The first-order chi connectivity index (χ1) is 47.0. The predicted molar refractivity (Wildman–Crippen MR) is 416 cm³/mol. The highest BCUT2D eigenvalue weighted by Gasteiger charge is 2.22. The fourth-order valence-electron chi connectivity index (χ4n) is 11.9. The number of nitrogens with zero attached hydrogens (tertiary/aromatic N) is 1. The Labute approximate surface area is 595 Å². The number of ether oxygens (including phenoxy) is 2. The van der Waals surface area contributed by atoms with Crippen molar-refractivity contribution in [1.29, 1.82) is 0 Å². The topological polar surface area (TPSA) is 111 Å². The van der Waals surface area contributed by atoms with Crippen molar-refractivity contribution < 1.29 is 42.1 Å². The lowest BCUT2D eigenvalue weighted by molar-refractivity contribution is -0.870. The van der Waals surface area contributed by atoms with Gasteiger partial charge in [-0.2, -0.15) is 0 Å². The summed E-state index contributed by atoms with van der Waals surface area (Å²) in [6.45, 7) is 4.17. The molecule has 0 bridgehead atoms. The van der Waals surface area contributed by atoms with Crippen molar-refractivity contribution in [3.63, 3.8) is 0 Å². The summed E-state index contributed by atoms with van der Waals surface area (Å²) in [6, 6.07) is 0. The molecule has 0 aliphatic carbocycles. The van der Waals surface area contributed by atoms with E-state index in [2.05, 4.69) is 111 Å². The summed E-state index contributed by atoms with van der Waals surface area (Å²) < 4.78 is 34.4. The van der Waals surface area contributed by atoms with E-state index in [9.17, 15) is 19.0 Å². The van der Waals surface area contributed by atoms with Gasteiger partial charge in [-0.3, -0.25) is 14.2 Å². The summed E-state index contributed by atoms with van der Waals surface area (Å²) in [5, 5.41) is 0. The molecular formula is C86H156NO8P. The van der Waals surface area contributed by atoms with Crippen molar-refractivity contribution in [2.75, 3.05) is 47.5 Å². The van der Waals surface area contributed by atoms with E-state index in [1.54, 1.807) is 0 Å². The molecule has 0 aliphatic heterocycles. The largest absolute Gasteiger partial charge is 0.756 e. The number of allylic oxidation sites excluding steroid dienone is 16. The second-order valence-electron chi connectivity index (χ2n) is 28.8. The van der Waals surface area contributed by atoms with Crippen LogP contribution in [0.1, 0.15) is 386 Å². The molecule has 558 valence electrons. The van der Waals surface area contributed by atoms with Gasteiger partial charge in [0.1, 0.15) is 19.8 Å². The van der Waals surface area contributed by atoms with Crippen molar-refractivity contribution in [1.82, 2.24) is 0 Å². The van der Waals surface area contributed by atoms with Crippen LogP contribution in [0.4, 0.5) is 0 Å². The van der Waals surface area contributed by atoms with Crippen LogP contribution in [0, 0.1) is 0 Å². The molecule has 0 fully saturated rings. The van der Waals surface area contributed by atoms with Crippen molar-refractivity contribution in [3.05, 3.63) is 97.2 Å². The summed E-state index contributed by atoms with van der Waals surface area (Å²) in [6.07, 6.45) is 107. The lowest BCUT2D eigenvalue weighted by Gasteiger charge is -2.28. The second-order valence-corrected chi connectivity index (χ2v) is 30.2. The van der Waals surface area contributed by atoms with Crippen LogP contribution in [-0.4, -0.2) is 70.0 Å². The quantitative estimate of drug-likeness (QED) is 0.0195. The molecule has 0 saturated carbocycles. The lowest BCUT2D eigenvalue weighted by atomic mass is 10.0. The molecule has 0 aliphatic rings. The number of likely N-dealkylation sites (N-methyl/N-ethyl adjacent to an activating group) is 1. The number of phosphoric ester groups is 1. The van der Waals surface area contributed by atoms with Gasteiger partial charge in [0.2, 0.25) is 0 Å². The van der Waals surface area contributed by atoms with Gasteiger partial charge in [0.25, 0.3) is 7.82 Å². The second kappa shape index (κ2) is 76.1. The molecular weight excluding hydrogens is 1210 g/mol. The van der Waals surface area contributed by atoms with Crippen LogP contribution in [-0.2, 0) is 32.7 Å². The summed E-state index contributed by atoms with van der Waals surface area (Å²) in [7, 11) is 1.17. The number of phosphoric acid groups is 1. The van der Waals surface area contributed by atoms with Gasteiger partial charge < -0.3 is 27.9 Å². The third-order valence-corrected chi connectivity index (χ3v) is 19.1. The van der Waals surface area contributed by atoms with Gasteiger partial charge in [0, 0.05) is 12.8 Å². The number of carbonyl (C=O) groups is 2. The van der Waals surface area contributed by atoms with E-state index in [0.29, 0.717) is 17.4 Å². The molecule has 9 nitrogen and oxygen atoms in total. The molecule has 0 aromatic carbocycles. The third kappa shape index (κ3) is 79.9. The monoisotopic (exact) mass is 1360 g/mol. The standard InChI is InChI=1S/C86H156NO8P/c1-6-8-10-12-14-16-18-20-22-24-26-28-30-32-34-36-38-40-42-43-45-46-48-50-52-54-56-58-60-62-64-66-68-70-72-74-76-78-85(88)92-82-84(83-94-96(90,91)93-81-80-87(3,4)5)95-86(89)79-77-75-73-71-69-67-65-63-61-59-57-55-53-51-49-47-44-41-39-37-35-33-31-29-27-25-23-21-19-17-15-13-11-9-7-2/h9,11,15,17,21,23,27,29,33,35,39,41,47,49,53,55,84H,6-8,10,12-14,16,18-20,22,24-26,28,30-32,34,36-38,40,42-46,48,50-52,54,56-83H2,1-5H3/b11-9-,17-15-,23-21-,29-27-,35-33-,41-39-,49-47-,55-53-. The normalized spacial score (nSPS) is 13.5. The Kier molecular flexibility index (Phi) is 73.7. The first-order valence-electron chi connectivity index (χ1n) is 40.9. The maximum atomic E-state index is 12.9. The third-order valence-electron chi connectivity index (χ3n) is 18.1. The molecule has 0 aromatic rings. The Hall–Kier alpha value is -3.07. The molecule has 0 amide bonds. The summed E-state index contributed by atoms with van der Waals surface area (Å²) in [4.78, 5) is 38.2. The number of hydrogen-bond donors (Lipinski definition) is 0. The molecule has 96 heavy (non-hydrogen) atoms. The molecule has 2 unspecified atom stereocenters. The van der Waals surface area contributed by atoms with Crippen molar-refractivity contribution >= 4 is 19.8 Å². The van der Waals surface area contributed by atoms with Crippen molar-refractivity contribution in [2.45, 2.75) is 392 Å². The molecule has 2 atom stereocenters. The van der Waals surface area contributed by atoms with E-state index in [-0.39, 0.29) is 32.0 Å². The van der Waals surface area contributed by atoms with Gasteiger partial charge in [-0.1, -0.05) is 394 Å². The summed E-state index contributed by atoms with van der Waals surface area (Å²) in [5.74, 6) is -0.825. The van der Waals surface area contributed by atoms with E-state index in [1.807, 2.05) is 21.1 Å². The van der Waals surface area contributed by atoms with E-state index >= 15 is 0 Å². The number of esters is 2. The Morgan fingerprint density at radius 2 is 0.594 bits per heavy atom. The average molecular weight is 1360 g/mol. The summed E-state index contributed by atoms with van der Waals surface area (Å²) in [5.41, 5.74) is 0. The highest BCUT2D eigenvalue weighted by atomic mass is 31.2. The van der Waals surface area contributed by atoms with Crippen LogP contribution in [0.25, 0.3) is 0 Å². The van der Waals surface area contributed by atoms with Crippen LogP contribution in [0.5, 0.6) is 0 Å². The van der Waals surface area contributed by atoms with Crippen molar-refractivity contribution in [2.24, 2.45) is 0 Å². The van der Waals surface area contributed by atoms with Gasteiger partial charge in [-0.05, 0) is 77.0 Å². The SMILES string of the molecule is CC/C=C\C/C=C\C/C=C\C/C=C\C/C=C\C/C=C\C/C=C\C/C=C\CCCCCCCCCCCCC(=O)OC(COC(=O)CCCCCCCCCCCCCCCCCCCCCCCCCCCCCCCCCCCCCCC)COP(=O)([O-])OCC[N+](C)(C)C. The number of hydrogen-bond acceptors (Lipinski definition) is 8. The predicted octanol–water partition coefficient (Wildman–Crippen LogP) is 26.8. The van der Waals surface area contributed by atoms with E-state index in [1.165, 1.54) is 257 Å². The average Bonchev–Trinajstić information content (AvgIpc) is 2.74. The first-order valence-corrected chi connectivity index (χ1v) is 42.4. The zero-order valence-corrected chi connectivity index (χ0v) is 64.7. The van der Waals surface area contributed by atoms with E-state index in [0.717, 1.165) is 96.3 Å². The minimum atomic E-state index is -4.65. The number of rotatable bonds is 76. The van der Waals surface area contributed by atoms with Crippen LogP contribution in [0.3, 0.4) is 0 Å². The van der Waals surface area contributed by atoms with Gasteiger partial charge in [-0.25, -0.2) is 0 Å².